The molecule has 128 valence electrons. The second-order valence-electron chi connectivity index (χ2n) is 5.75. The summed E-state index contributed by atoms with van der Waals surface area (Å²) in [5.74, 6) is 0.151. The lowest BCUT2D eigenvalue weighted by molar-refractivity contribution is 0.263. The van der Waals surface area contributed by atoms with E-state index in [2.05, 4.69) is 34.1 Å². The van der Waals surface area contributed by atoms with E-state index < -0.39 is 0 Å². The molecule has 0 amide bonds. The van der Waals surface area contributed by atoms with Crippen molar-refractivity contribution in [3.63, 3.8) is 0 Å². The fourth-order valence-electron chi connectivity index (χ4n) is 3.11. The Kier molecular flexibility index (Phi) is 6.17. The Balaban J connectivity index is 0.00000208. The number of phenols is 3. The lowest BCUT2D eigenvalue weighted by Gasteiger charge is -2.35. The van der Waals surface area contributed by atoms with Gasteiger partial charge in [0.2, 0.25) is 0 Å². The van der Waals surface area contributed by atoms with E-state index in [0.717, 1.165) is 29.8 Å². The second kappa shape index (κ2) is 7.76. The summed E-state index contributed by atoms with van der Waals surface area (Å²) in [5.41, 5.74) is 3.13. The number of hydrogen-bond donors (Lipinski definition) is 3. The van der Waals surface area contributed by atoms with Crippen molar-refractivity contribution in [1.29, 1.82) is 0 Å². The maximum Gasteiger partial charge on any atom is 0.171 e. The van der Waals surface area contributed by atoms with Crippen LogP contribution in [-0.2, 0) is 6.54 Å². The maximum absolute atomic E-state index is 10.0. The summed E-state index contributed by atoms with van der Waals surface area (Å²) in [6, 6.07) is 8.81. The smallest absolute Gasteiger partial charge is 0.171 e. The number of halogens is 2. The van der Waals surface area contributed by atoms with Gasteiger partial charge in [-0.1, -0.05) is 18.2 Å². The molecule has 0 aliphatic carbocycles. The minimum absolute atomic E-state index is 0. The van der Waals surface area contributed by atoms with Crippen molar-refractivity contribution >= 4 is 39.6 Å². The van der Waals surface area contributed by atoms with E-state index in [-0.39, 0.29) is 40.1 Å². The number of rotatable bonds is 3. The standard InChI is InChI=1S/C18H18INO3.BrH/c1-2-7-20-9-14(11-3-5-12(21)6-4-11)13-8-16(22)18(23)17(19)15(13)10-20;/h2-6,8,14,21-23H,1,7,9-10H2;1H. The predicted octanol–water partition coefficient (Wildman–Crippen LogP) is 4.12. The van der Waals surface area contributed by atoms with E-state index in [4.69, 9.17) is 0 Å². The molecule has 0 spiro atoms. The normalized spacial score (nSPS) is 17.0. The van der Waals surface area contributed by atoms with Gasteiger partial charge in [0.05, 0.1) is 3.57 Å². The molecule has 0 radical (unpaired) electrons. The van der Waals surface area contributed by atoms with Crippen LogP contribution >= 0.6 is 39.6 Å². The molecule has 1 atom stereocenters. The van der Waals surface area contributed by atoms with Gasteiger partial charge < -0.3 is 15.3 Å². The molecule has 1 heterocycles. The van der Waals surface area contributed by atoms with Crippen LogP contribution in [0.5, 0.6) is 17.2 Å². The van der Waals surface area contributed by atoms with Crippen LogP contribution in [0.4, 0.5) is 0 Å². The molecule has 0 saturated heterocycles. The largest absolute Gasteiger partial charge is 0.508 e. The Bertz CT molecular complexity index is 749. The molecule has 0 bridgehead atoms. The fraction of sp³-hybridized carbons (Fsp3) is 0.222. The molecule has 1 aliphatic heterocycles. The first-order valence-corrected chi connectivity index (χ1v) is 8.44. The number of fused-ring (bicyclic) bond motifs is 1. The minimum Gasteiger partial charge on any atom is -0.508 e. The highest BCUT2D eigenvalue weighted by Crippen LogP contribution is 2.43. The predicted molar refractivity (Wildman–Crippen MR) is 108 cm³/mol. The van der Waals surface area contributed by atoms with E-state index >= 15 is 0 Å². The summed E-state index contributed by atoms with van der Waals surface area (Å²) in [6.07, 6.45) is 1.87. The third kappa shape index (κ3) is 3.55. The Morgan fingerprint density at radius 2 is 1.88 bits per heavy atom. The van der Waals surface area contributed by atoms with Crippen LogP contribution in [0.15, 0.2) is 43.0 Å². The molecule has 1 aliphatic rings. The summed E-state index contributed by atoms with van der Waals surface area (Å²) in [4.78, 5) is 2.26. The van der Waals surface area contributed by atoms with Crippen LogP contribution in [0.1, 0.15) is 22.6 Å². The van der Waals surface area contributed by atoms with Gasteiger partial charge in [0.15, 0.2) is 11.5 Å². The van der Waals surface area contributed by atoms with E-state index in [1.165, 1.54) is 0 Å². The van der Waals surface area contributed by atoms with Gasteiger partial charge >= 0.3 is 0 Å². The lowest BCUT2D eigenvalue weighted by Crippen LogP contribution is -2.34. The average molecular weight is 504 g/mol. The number of nitrogens with zero attached hydrogens (tertiary/aromatic N) is 1. The highest BCUT2D eigenvalue weighted by Gasteiger charge is 2.30. The molecule has 6 heteroatoms. The van der Waals surface area contributed by atoms with Crippen molar-refractivity contribution in [2.24, 2.45) is 0 Å². The molecular weight excluding hydrogens is 485 g/mol. The van der Waals surface area contributed by atoms with E-state index in [9.17, 15) is 15.3 Å². The van der Waals surface area contributed by atoms with Crippen LogP contribution in [0.3, 0.4) is 0 Å². The third-order valence-electron chi connectivity index (χ3n) is 4.24. The molecule has 0 fully saturated rings. The average Bonchev–Trinajstić information content (AvgIpc) is 2.54. The number of benzene rings is 2. The Morgan fingerprint density at radius 1 is 1.21 bits per heavy atom. The van der Waals surface area contributed by atoms with Crippen molar-refractivity contribution in [2.45, 2.75) is 12.5 Å². The van der Waals surface area contributed by atoms with Gasteiger partial charge in [-0.3, -0.25) is 4.90 Å². The molecule has 0 aromatic heterocycles. The summed E-state index contributed by atoms with van der Waals surface area (Å²) in [6.45, 7) is 6.07. The first-order chi connectivity index (χ1) is 11.0. The maximum atomic E-state index is 10.0. The molecule has 3 N–H and O–H groups in total. The summed E-state index contributed by atoms with van der Waals surface area (Å²) >= 11 is 2.08. The van der Waals surface area contributed by atoms with E-state index in [0.29, 0.717) is 10.1 Å². The van der Waals surface area contributed by atoms with Gasteiger partial charge in [-0.2, -0.15) is 0 Å². The fourth-order valence-corrected chi connectivity index (χ4v) is 3.87. The molecule has 4 nitrogen and oxygen atoms in total. The number of hydrogen-bond acceptors (Lipinski definition) is 4. The molecular formula is C18H19BrINO3. The molecule has 1 unspecified atom stereocenters. The molecule has 2 aromatic carbocycles. The van der Waals surface area contributed by atoms with Crippen LogP contribution in [0, 0.1) is 3.57 Å². The van der Waals surface area contributed by atoms with Gasteiger partial charge in [-0.15, -0.1) is 23.6 Å². The SMILES string of the molecule is Br.C=CCN1Cc2c(cc(O)c(O)c2I)C(c2ccc(O)cc2)C1. The first kappa shape index (κ1) is 19.1. The Hall–Kier alpha value is -1.25. The third-order valence-corrected chi connectivity index (χ3v) is 5.40. The van der Waals surface area contributed by atoms with Gasteiger partial charge in [-0.25, -0.2) is 0 Å². The van der Waals surface area contributed by atoms with Crippen molar-refractivity contribution in [3.05, 3.63) is 63.2 Å². The van der Waals surface area contributed by atoms with Gasteiger partial charge in [-0.05, 0) is 57.5 Å². The molecule has 24 heavy (non-hydrogen) atoms. The summed E-state index contributed by atoms with van der Waals surface area (Å²) in [7, 11) is 0. The van der Waals surface area contributed by atoms with Crippen molar-refractivity contribution in [2.75, 3.05) is 13.1 Å². The van der Waals surface area contributed by atoms with Crippen LogP contribution in [-0.4, -0.2) is 33.3 Å². The van der Waals surface area contributed by atoms with Gasteiger partial charge in [0.1, 0.15) is 5.75 Å². The van der Waals surface area contributed by atoms with Crippen molar-refractivity contribution < 1.29 is 15.3 Å². The summed E-state index contributed by atoms with van der Waals surface area (Å²) < 4.78 is 0.690. The minimum atomic E-state index is -0.0888. The zero-order chi connectivity index (χ0) is 16.6. The molecule has 2 aromatic rings. The zero-order valence-electron chi connectivity index (χ0n) is 12.9. The lowest BCUT2D eigenvalue weighted by atomic mass is 9.84. The monoisotopic (exact) mass is 503 g/mol. The van der Waals surface area contributed by atoms with Crippen LogP contribution < -0.4 is 0 Å². The first-order valence-electron chi connectivity index (χ1n) is 7.36. The second-order valence-corrected chi connectivity index (χ2v) is 6.83. The highest BCUT2D eigenvalue weighted by atomic mass is 127. The van der Waals surface area contributed by atoms with Gasteiger partial charge in [0, 0.05) is 25.6 Å². The summed E-state index contributed by atoms with van der Waals surface area (Å²) in [5, 5.41) is 29.6. The van der Waals surface area contributed by atoms with Gasteiger partial charge in [0.25, 0.3) is 0 Å². The molecule has 0 saturated carbocycles. The van der Waals surface area contributed by atoms with E-state index in [1.54, 1.807) is 18.2 Å². The number of phenolic OH excluding ortho intramolecular Hbond substituents is 3. The quantitative estimate of drug-likeness (QED) is 0.335. The molecule has 3 rings (SSSR count). The van der Waals surface area contributed by atoms with Crippen molar-refractivity contribution in [3.8, 4) is 17.2 Å². The van der Waals surface area contributed by atoms with Crippen molar-refractivity contribution in [1.82, 2.24) is 4.90 Å². The van der Waals surface area contributed by atoms with Crippen LogP contribution in [0.25, 0.3) is 0 Å². The highest BCUT2D eigenvalue weighted by molar-refractivity contribution is 14.1. The Labute approximate surface area is 165 Å². The number of aromatic hydroxyl groups is 3. The van der Waals surface area contributed by atoms with E-state index in [1.807, 2.05) is 18.2 Å². The van der Waals surface area contributed by atoms with Crippen LogP contribution in [0.2, 0.25) is 0 Å². The Morgan fingerprint density at radius 3 is 2.50 bits per heavy atom. The zero-order valence-corrected chi connectivity index (χ0v) is 16.8. The topological polar surface area (TPSA) is 63.9 Å².